The number of nitrogens with zero attached hydrogens (tertiary/aromatic N) is 2. The lowest BCUT2D eigenvalue weighted by molar-refractivity contribution is 0.186. The van der Waals surface area contributed by atoms with Gasteiger partial charge in [-0.1, -0.05) is 13.8 Å². The van der Waals surface area contributed by atoms with E-state index >= 15 is 0 Å². The van der Waals surface area contributed by atoms with Crippen molar-refractivity contribution in [3.63, 3.8) is 0 Å². The van der Waals surface area contributed by atoms with Gasteiger partial charge in [-0.25, -0.2) is 4.79 Å². The van der Waals surface area contributed by atoms with E-state index in [1.165, 1.54) is 6.07 Å². The third-order valence-electron chi connectivity index (χ3n) is 4.29. The van der Waals surface area contributed by atoms with Gasteiger partial charge in [0.25, 0.3) is 5.56 Å². The van der Waals surface area contributed by atoms with Gasteiger partial charge in [-0.05, 0) is 30.7 Å². The van der Waals surface area contributed by atoms with Crippen molar-refractivity contribution in [1.29, 1.82) is 0 Å². The predicted molar refractivity (Wildman–Crippen MR) is 90.7 cm³/mol. The highest BCUT2D eigenvalue weighted by atomic mass is 16.5. The molecule has 0 aromatic carbocycles. The fraction of sp³-hybridized carbons (Fsp3) is 0.647. The molecule has 0 bridgehead atoms. The number of ether oxygens (including phenoxy) is 1. The lowest BCUT2D eigenvalue weighted by Gasteiger charge is -2.23. The molecule has 0 unspecified atom stereocenters. The molecule has 1 fully saturated rings. The molecule has 1 aromatic rings. The smallest absolute Gasteiger partial charge is 0.321 e. The van der Waals surface area contributed by atoms with Gasteiger partial charge >= 0.3 is 6.03 Å². The number of pyridine rings is 1. The summed E-state index contributed by atoms with van der Waals surface area (Å²) in [6, 6.07) is 3.02. The normalized spacial score (nSPS) is 21.8. The van der Waals surface area contributed by atoms with Crippen molar-refractivity contribution in [1.82, 2.24) is 9.47 Å². The summed E-state index contributed by atoms with van der Waals surface area (Å²) in [6.45, 7) is 6.91. The summed E-state index contributed by atoms with van der Waals surface area (Å²) in [5, 5.41) is 2.91. The molecule has 2 heterocycles. The maximum atomic E-state index is 12.5. The lowest BCUT2D eigenvalue weighted by Crippen LogP contribution is -2.37. The Hall–Kier alpha value is -1.82. The zero-order chi connectivity index (χ0) is 16.8. The predicted octanol–water partition coefficient (Wildman–Crippen LogP) is 2.39. The number of hydrogen-bond donors (Lipinski definition) is 1. The Kier molecular flexibility index (Phi) is 6.21. The Balaban J connectivity index is 2.03. The van der Waals surface area contributed by atoms with Gasteiger partial charge in [-0.2, -0.15) is 0 Å². The fourth-order valence-electron chi connectivity index (χ4n) is 3.08. The maximum Gasteiger partial charge on any atom is 0.321 e. The highest BCUT2D eigenvalue weighted by molar-refractivity contribution is 5.89. The summed E-state index contributed by atoms with van der Waals surface area (Å²) in [5.41, 5.74) is 0.535. The summed E-state index contributed by atoms with van der Waals surface area (Å²) in [5.74, 6) is 1.16. The standard InChI is InChI=1S/C17H27N3O3/c1-13-6-7-20(11-14(2)10-13)17(22)18-15-4-5-16(21)19(12-15)8-9-23-3/h4-5,12-14H,6-11H2,1-3H3,(H,18,22)/t13-,14-/m0/s1. The second-order valence-electron chi connectivity index (χ2n) is 6.55. The van der Waals surface area contributed by atoms with E-state index in [0.717, 1.165) is 25.9 Å². The molecule has 1 aromatic heterocycles. The minimum absolute atomic E-state index is 0.0945. The topological polar surface area (TPSA) is 63.6 Å². The Morgan fingerprint density at radius 2 is 2.13 bits per heavy atom. The molecule has 0 radical (unpaired) electrons. The van der Waals surface area contributed by atoms with E-state index in [-0.39, 0.29) is 11.6 Å². The van der Waals surface area contributed by atoms with E-state index in [0.29, 0.717) is 30.7 Å². The molecule has 128 valence electrons. The van der Waals surface area contributed by atoms with Gasteiger partial charge in [0, 0.05) is 39.0 Å². The average molecular weight is 321 g/mol. The van der Waals surface area contributed by atoms with Crippen LogP contribution in [0, 0.1) is 11.8 Å². The van der Waals surface area contributed by atoms with Crippen molar-refractivity contribution in [2.45, 2.75) is 33.2 Å². The number of rotatable bonds is 4. The molecule has 2 amide bonds. The quantitative estimate of drug-likeness (QED) is 0.926. The number of amides is 2. The molecule has 1 aliphatic heterocycles. The van der Waals surface area contributed by atoms with Crippen molar-refractivity contribution < 1.29 is 9.53 Å². The minimum Gasteiger partial charge on any atom is -0.383 e. The zero-order valence-electron chi connectivity index (χ0n) is 14.2. The van der Waals surface area contributed by atoms with Crippen LogP contribution in [0.3, 0.4) is 0 Å². The third-order valence-corrected chi connectivity index (χ3v) is 4.29. The van der Waals surface area contributed by atoms with Crippen molar-refractivity contribution in [3.05, 3.63) is 28.7 Å². The van der Waals surface area contributed by atoms with Crippen molar-refractivity contribution in [2.75, 3.05) is 32.1 Å². The van der Waals surface area contributed by atoms with Crippen LogP contribution in [0.25, 0.3) is 0 Å². The largest absolute Gasteiger partial charge is 0.383 e. The van der Waals surface area contributed by atoms with Crippen LogP contribution in [0.2, 0.25) is 0 Å². The molecule has 2 atom stereocenters. The monoisotopic (exact) mass is 321 g/mol. The van der Waals surface area contributed by atoms with E-state index in [4.69, 9.17) is 4.74 Å². The molecular formula is C17H27N3O3. The van der Waals surface area contributed by atoms with Crippen LogP contribution in [0.4, 0.5) is 10.5 Å². The van der Waals surface area contributed by atoms with Crippen LogP contribution in [0.15, 0.2) is 23.1 Å². The molecule has 6 heteroatoms. The zero-order valence-corrected chi connectivity index (χ0v) is 14.2. The van der Waals surface area contributed by atoms with Gasteiger partial charge in [-0.15, -0.1) is 0 Å². The molecule has 6 nitrogen and oxygen atoms in total. The first-order valence-corrected chi connectivity index (χ1v) is 8.25. The van der Waals surface area contributed by atoms with Crippen molar-refractivity contribution in [2.24, 2.45) is 11.8 Å². The molecule has 1 aliphatic rings. The Bertz CT molecular complexity index is 585. The summed E-state index contributed by atoms with van der Waals surface area (Å²) in [6.07, 6.45) is 3.86. The van der Waals surface area contributed by atoms with Crippen LogP contribution in [0.1, 0.15) is 26.7 Å². The highest BCUT2D eigenvalue weighted by Gasteiger charge is 2.22. The molecule has 0 spiro atoms. The summed E-state index contributed by atoms with van der Waals surface area (Å²) < 4.78 is 6.55. The molecule has 0 saturated carbocycles. The Morgan fingerprint density at radius 1 is 1.35 bits per heavy atom. The maximum absolute atomic E-state index is 12.5. The molecular weight excluding hydrogens is 294 g/mol. The fourth-order valence-corrected chi connectivity index (χ4v) is 3.08. The number of anilines is 1. The second kappa shape index (κ2) is 8.15. The second-order valence-corrected chi connectivity index (χ2v) is 6.55. The number of hydrogen-bond acceptors (Lipinski definition) is 3. The summed E-state index contributed by atoms with van der Waals surface area (Å²) in [7, 11) is 1.60. The molecule has 2 rings (SSSR count). The third kappa shape index (κ3) is 5.10. The summed E-state index contributed by atoms with van der Waals surface area (Å²) >= 11 is 0. The van der Waals surface area contributed by atoms with Gasteiger partial charge < -0.3 is 19.5 Å². The van der Waals surface area contributed by atoms with Gasteiger partial charge in [0.15, 0.2) is 0 Å². The highest BCUT2D eigenvalue weighted by Crippen LogP contribution is 2.21. The first-order chi connectivity index (χ1) is 11.0. The van der Waals surface area contributed by atoms with Gasteiger partial charge in [0.05, 0.1) is 12.3 Å². The Labute approximate surface area is 137 Å². The summed E-state index contributed by atoms with van der Waals surface area (Å²) in [4.78, 5) is 26.1. The van der Waals surface area contributed by atoms with Crippen LogP contribution in [-0.4, -0.2) is 42.3 Å². The number of aromatic nitrogens is 1. The number of likely N-dealkylation sites (tertiary alicyclic amines) is 1. The molecule has 0 aliphatic carbocycles. The van der Waals surface area contributed by atoms with Crippen LogP contribution in [-0.2, 0) is 11.3 Å². The van der Waals surface area contributed by atoms with Gasteiger partial charge in [0.1, 0.15) is 0 Å². The van der Waals surface area contributed by atoms with E-state index in [1.807, 2.05) is 4.90 Å². The van der Waals surface area contributed by atoms with Gasteiger partial charge in [0.2, 0.25) is 0 Å². The van der Waals surface area contributed by atoms with E-state index in [1.54, 1.807) is 23.9 Å². The van der Waals surface area contributed by atoms with Crippen LogP contribution in [0.5, 0.6) is 0 Å². The molecule has 1 N–H and O–H groups in total. The molecule has 1 saturated heterocycles. The number of nitrogens with one attached hydrogen (secondary N) is 1. The first kappa shape index (κ1) is 17.5. The van der Waals surface area contributed by atoms with Gasteiger partial charge in [-0.3, -0.25) is 4.79 Å². The molecule has 23 heavy (non-hydrogen) atoms. The number of urea groups is 1. The average Bonchev–Trinajstić information content (AvgIpc) is 2.68. The number of carbonyl (C=O) groups is 1. The van der Waals surface area contributed by atoms with E-state index < -0.39 is 0 Å². The van der Waals surface area contributed by atoms with E-state index in [9.17, 15) is 9.59 Å². The van der Waals surface area contributed by atoms with Crippen molar-refractivity contribution >= 4 is 11.7 Å². The first-order valence-electron chi connectivity index (χ1n) is 8.25. The van der Waals surface area contributed by atoms with Crippen molar-refractivity contribution in [3.8, 4) is 0 Å². The number of carbonyl (C=O) groups excluding carboxylic acids is 1. The Morgan fingerprint density at radius 3 is 2.87 bits per heavy atom. The van der Waals surface area contributed by atoms with Crippen LogP contribution < -0.4 is 10.9 Å². The lowest BCUT2D eigenvalue weighted by atomic mass is 9.97. The minimum atomic E-state index is -0.0998. The number of methoxy groups -OCH3 is 1. The SMILES string of the molecule is COCCn1cc(NC(=O)N2CC[C@H](C)C[C@H](C)C2)ccc1=O. The van der Waals surface area contributed by atoms with E-state index in [2.05, 4.69) is 19.2 Å². The van der Waals surface area contributed by atoms with Crippen LogP contribution >= 0.6 is 0 Å².